The zero-order valence-electron chi connectivity index (χ0n) is 13.9. The first-order chi connectivity index (χ1) is 10.2. The molecule has 0 bridgehead atoms. The summed E-state index contributed by atoms with van der Waals surface area (Å²) in [6.07, 6.45) is 3.91. The predicted molar refractivity (Wildman–Crippen MR) is 108 cm³/mol. The van der Waals surface area contributed by atoms with Crippen LogP contribution in [0.25, 0.3) is 0 Å². The maximum atomic E-state index is 4.30. The quantitative estimate of drug-likeness (QED) is 0.424. The number of hydrogen-bond acceptors (Lipinski definition) is 3. The van der Waals surface area contributed by atoms with Crippen LogP contribution in [0.15, 0.2) is 16.4 Å². The van der Waals surface area contributed by atoms with Crippen LogP contribution in [0.1, 0.15) is 29.7 Å². The molecule has 4 nitrogen and oxygen atoms in total. The highest BCUT2D eigenvalue weighted by Gasteiger charge is 2.16. The number of nitrogens with zero attached hydrogens (tertiary/aromatic N) is 2. The predicted octanol–water partition coefficient (Wildman–Crippen LogP) is 3.07. The van der Waals surface area contributed by atoms with E-state index in [1.807, 2.05) is 7.05 Å². The molecule has 2 heterocycles. The number of piperidine rings is 1. The molecule has 1 fully saturated rings. The van der Waals surface area contributed by atoms with Crippen LogP contribution < -0.4 is 10.6 Å². The summed E-state index contributed by atoms with van der Waals surface area (Å²) in [5.74, 6) is 1.78. The van der Waals surface area contributed by atoms with E-state index in [2.05, 4.69) is 45.9 Å². The van der Waals surface area contributed by atoms with E-state index in [4.69, 9.17) is 0 Å². The van der Waals surface area contributed by atoms with Gasteiger partial charge in [-0.05, 0) is 69.3 Å². The average molecular weight is 436 g/mol. The second-order valence-electron chi connectivity index (χ2n) is 5.91. The third-order valence-corrected chi connectivity index (χ3v) is 5.31. The fraction of sp³-hybridized carbons (Fsp3) is 0.688. The number of likely N-dealkylation sites (tertiary alicyclic amines) is 1. The lowest BCUT2D eigenvalue weighted by Gasteiger charge is -2.29. The number of guanidine groups is 1. The number of thiophene rings is 1. The Morgan fingerprint density at radius 1 is 1.36 bits per heavy atom. The lowest BCUT2D eigenvalue weighted by atomic mass is 9.94. The van der Waals surface area contributed by atoms with E-state index in [-0.39, 0.29) is 24.0 Å². The minimum Gasteiger partial charge on any atom is -0.356 e. The Morgan fingerprint density at radius 3 is 2.68 bits per heavy atom. The molecule has 0 spiro atoms. The lowest BCUT2D eigenvalue weighted by Crippen LogP contribution is -2.38. The van der Waals surface area contributed by atoms with Crippen molar-refractivity contribution in [3.63, 3.8) is 0 Å². The van der Waals surface area contributed by atoms with Gasteiger partial charge in [0.05, 0.1) is 6.54 Å². The van der Waals surface area contributed by atoms with Crippen LogP contribution in [0.5, 0.6) is 0 Å². The van der Waals surface area contributed by atoms with Crippen molar-refractivity contribution in [2.75, 3.05) is 33.7 Å². The summed E-state index contributed by atoms with van der Waals surface area (Å²) < 4.78 is 0. The Hall–Kier alpha value is -0.340. The Bertz CT molecular complexity index is 453. The van der Waals surface area contributed by atoms with E-state index in [9.17, 15) is 0 Å². The van der Waals surface area contributed by atoms with Gasteiger partial charge in [-0.25, -0.2) is 0 Å². The zero-order valence-corrected chi connectivity index (χ0v) is 17.0. The first-order valence-corrected chi connectivity index (χ1v) is 8.73. The monoisotopic (exact) mass is 436 g/mol. The largest absolute Gasteiger partial charge is 0.356 e. The Labute approximate surface area is 155 Å². The molecular formula is C16H29IN4S. The molecular weight excluding hydrogens is 407 g/mol. The van der Waals surface area contributed by atoms with Crippen molar-refractivity contribution in [3.8, 4) is 0 Å². The number of rotatable bonds is 5. The molecule has 2 rings (SSSR count). The molecule has 1 aliphatic rings. The molecule has 2 N–H and O–H groups in total. The molecule has 0 aliphatic carbocycles. The van der Waals surface area contributed by atoms with E-state index in [0.29, 0.717) is 0 Å². The summed E-state index contributed by atoms with van der Waals surface area (Å²) in [6.45, 7) is 6.52. The Morgan fingerprint density at radius 2 is 2.09 bits per heavy atom. The van der Waals surface area contributed by atoms with Crippen LogP contribution in [0.4, 0.5) is 0 Å². The van der Waals surface area contributed by atoms with Gasteiger partial charge in [0, 0.05) is 18.5 Å². The van der Waals surface area contributed by atoms with Gasteiger partial charge >= 0.3 is 0 Å². The Balaban J connectivity index is 0.00000242. The van der Waals surface area contributed by atoms with Crippen molar-refractivity contribution >= 4 is 41.3 Å². The van der Waals surface area contributed by atoms with Gasteiger partial charge in [-0.1, -0.05) is 0 Å². The second-order valence-corrected chi connectivity index (χ2v) is 6.92. The van der Waals surface area contributed by atoms with Gasteiger partial charge in [0.1, 0.15) is 0 Å². The van der Waals surface area contributed by atoms with Crippen LogP contribution in [-0.2, 0) is 6.54 Å². The van der Waals surface area contributed by atoms with Gasteiger partial charge in [-0.15, -0.1) is 35.3 Å². The van der Waals surface area contributed by atoms with Gasteiger partial charge in [-0.2, -0.15) is 0 Å². The number of halogens is 1. The molecule has 6 heteroatoms. The van der Waals surface area contributed by atoms with Gasteiger partial charge < -0.3 is 15.5 Å². The fourth-order valence-corrected chi connectivity index (χ4v) is 3.56. The summed E-state index contributed by atoms with van der Waals surface area (Å²) in [5.41, 5.74) is 1.36. The van der Waals surface area contributed by atoms with Gasteiger partial charge in [-0.3, -0.25) is 4.99 Å². The minimum absolute atomic E-state index is 0. The molecule has 0 amide bonds. The molecule has 0 unspecified atom stereocenters. The number of aryl methyl sites for hydroxylation is 1. The molecule has 22 heavy (non-hydrogen) atoms. The fourth-order valence-electron chi connectivity index (χ4n) is 2.72. The normalized spacial score (nSPS) is 17.1. The third-order valence-electron chi connectivity index (χ3n) is 4.29. The summed E-state index contributed by atoms with van der Waals surface area (Å²) in [6, 6.07) is 2.16. The average Bonchev–Trinajstić information content (AvgIpc) is 2.90. The molecule has 1 aromatic rings. The maximum Gasteiger partial charge on any atom is 0.191 e. The third kappa shape index (κ3) is 6.42. The standard InChI is InChI=1S/C16H28N4S.HI/c1-13-7-11-21-15(13)12-19-16(17-2)18-8-4-14-5-9-20(3)10-6-14;/h7,11,14H,4-6,8-10,12H2,1-3H3,(H2,17,18,19);1H. The molecule has 126 valence electrons. The van der Waals surface area contributed by atoms with Crippen LogP contribution in [0.3, 0.4) is 0 Å². The zero-order chi connectivity index (χ0) is 15.1. The SMILES string of the molecule is CN=C(NCCC1CCN(C)CC1)NCc1sccc1C.I. The second kappa shape index (κ2) is 10.4. The first-order valence-electron chi connectivity index (χ1n) is 7.85. The Kier molecular flexibility index (Phi) is 9.35. The van der Waals surface area contributed by atoms with E-state index < -0.39 is 0 Å². The lowest BCUT2D eigenvalue weighted by molar-refractivity contribution is 0.213. The van der Waals surface area contributed by atoms with E-state index in [0.717, 1.165) is 25.0 Å². The van der Waals surface area contributed by atoms with Crippen LogP contribution in [0, 0.1) is 12.8 Å². The summed E-state index contributed by atoms with van der Waals surface area (Å²) in [7, 11) is 4.05. The molecule has 1 saturated heterocycles. The van der Waals surface area contributed by atoms with Gasteiger partial charge in [0.2, 0.25) is 0 Å². The molecule has 1 aromatic heterocycles. The summed E-state index contributed by atoms with van der Waals surface area (Å²) in [4.78, 5) is 8.11. The first kappa shape index (κ1) is 19.7. The van der Waals surface area contributed by atoms with Crippen LogP contribution in [0.2, 0.25) is 0 Å². The van der Waals surface area contributed by atoms with Gasteiger partial charge in [0.25, 0.3) is 0 Å². The molecule has 0 aromatic carbocycles. The van der Waals surface area contributed by atoms with Crippen molar-refractivity contribution in [1.82, 2.24) is 15.5 Å². The molecule has 0 radical (unpaired) electrons. The molecule has 0 saturated carbocycles. The smallest absolute Gasteiger partial charge is 0.191 e. The number of aliphatic imine (C=N–C) groups is 1. The van der Waals surface area contributed by atoms with Crippen molar-refractivity contribution in [1.29, 1.82) is 0 Å². The van der Waals surface area contributed by atoms with Crippen molar-refractivity contribution in [3.05, 3.63) is 21.9 Å². The van der Waals surface area contributed by atoms with Gasteiger partial charge in [0.15, 0.2) is 5.96 Å². The number of hydrogen-bond donors (Lipinski definition) is 2. The highest BCUT2D eigenvalue weighted by molar-refractivity contribution is 14.0. The molecule has 0 atom stereocenters. The summed E-state index contributed by atoms with van der Waals surface area (Å²) >= 11 is 1.80. The topological polar surface area (TPSA) is 39.7 Å². The minimum atomic E-state index is 0. The highest BCUT2D eigenvalue weighted by Crippen LogP contribution is 2.18. The van der Waals surface area contributed by atoms with Crippen molar-refractivity contribution in [2.24, 2.45) is 10.9 Å². The van der Waals surface area contributed by atoms with Crippen LogP contribution >= 0.6 is 35.3 Å². The summed E-state index contributed by atoms with van der Waals surface area (Å²) in [5, 5.41) is 8.98. The van der Waals surface area contributed by atoms with E-state index >= 15 is 0 Å². The maximum absolute atomic E-state index is 4.30. The van der Waals surface area contributed by atoms with E-state index in [1.54, 1.807) is 11.3 Å². The van der Waals surface area contributed by atoms with Crippen LogP contribution in [-0.4, -0.2) is 44.6 Å². The molecule has 1 aliphatic heterocycles. The van der Waals surface area contributed by atoms with E-state index in [1.165, 1.54) is 42.8 Å². The van der Waals surface area contributed by atoms with Crippen molar-refractivity contribution in [2.45, 2.75) is 32.7 Å². The van der Waals surface area contributed by atoms with Crippen molar-refractivity contribution < 1.29 is 0 Å². The highest BCUT2D eigenvalue weighted by atomic mass is 127. The number of nitrogens with one attached hydrogen (secondary N) is 2.